The van der Waals surface area contributed by atoms with Crippen LogP contribution in [0.15, 0.2) is 47.4 Å². The van der Waals surface area contributed by atoms with E-state index in [1.54, 1.807) is 36.1 Å². The third-order valence-electron chi connectivity index (χ3n) is 8.71. The van der Waals surface area contributed by atoms with Crippen molar-refractivity contribution in [3.05, 3.63) is 53.6 Å². The summed E-state index contributed by atoms with van der Waals surface area (Å²) >= 11 is 0. The Morgan fingerprint density at radius 3 is 2.24 bits per heavy atom. The number of anilines is 2. The van der Waals surface area contributed by atoms with Crippen LogP contribution >= 0.6 is 0 Å². The van der Waals surface area contributed by atoms with Crippen molar-refractivity contribution in [1.82, 2.24) is 4.72 Å². The zero-order valence-corrected chi connectivity index (χ0v) is 23.3. The van der Waals surface area contributed by atoms with Gasteiger partial charge in [0.15, 0.2) is 0 Å². The lowest BCUT2D eigenvalue weighted by Crippen LogP contribution is -2.59. The van der Waals surface area contributed by atoms with Crippen molar-refractivity contribution in [1.29, 1.82) is 0 Å². The normalized spacial score (nSPS) is 22.6. The van der Waals surface area contributed by atoms with E-state index >= 15 is 0 Å². The summed E-state index contributed by atoms with van der Waals surface area (Å²) in [6.07, 6.45) is 7.71. The molecule has 2 N–H and O–H groups in total. The quantitative estimate of drug-likeness (QED) is 0.560. The molecule has 3 fully saturated rings. The Balaban J connectivity index is 1.33. The first-order valence-corrected chi connectivity index (χ1v) is 16.3. The molecule has 2 heterocycles. The molecule has 0 bridgehead atoms. The molecule has 2 aliphatic heterocycles. The summed E-state index contributed by atoms with van der Waals surface area (Å²) in [5, 5.41) is 0. The number of rotatable bonds is 6. The second-order valence-corrected chi connectivity index (χ2v) is 15.4. The van der Waals surface area contributed by atoms with Crippen LogP contribution < -0.4 is 14.3 Å². The average Bonchev–Trinajstić information content (AvgIpc) is 3.54. The third-order valence-corrected chi connectivity index (χ3v) is 10.9. The molecular formula is C27H33N3O6S2. The minimum Gasteiger partial charge on any atom is -0.377 e. The van der Waals surface area contributed by atoms with Crippen LogP contribution in [0, 0.1) is 5.41 Å². The molecule has 38 heavy (non-hydrogen) atoms. The van der Waals surface area contributed by atoms with Crippen molar-refractivity contribution in [3.63, 3.8) is 0 Å². The minimum atomic E-state index is -3.84. The zero-order chi connectivity index (χ0) is 27.0. The van der Waals surface area contributed by atoms with Crippen LogP contribution in [0.25, 0.3) is 0 Å². The number of amides is 1. The van der Waals surface area contributed by atoms with Gasteiger partial charge >= 0.3 is 0 Å². The Hall–Kier alpha value is -2.47. The van der Waals surface area contributed by atoms with Crippen molar-refractivity contribution < 1.29 is 26.4 Å². The predicted molar refractivity (Wildman–Crippen MR) is 144 cm³/mol. The molecule has 0 radical (unpaired) electrons. The first-order valence-electron chi connectivity index (χ1n) is 13.0. The van der Waals surface area contributed by atoms with Gasteiger partial charge in [0.1, 0.15) is 0 Å². The number of hydrogen-bond donors (Lipinski definition) is 2. The van der Waals surface area contributed by atoms with Gasteiger partial charge < -0.3 is 9.64 Å². The molecule has 2 spiro atoms. The van der Waals surface area contributed by atoms with Crippen LogP contribution in [-0.4, -0.2) is 54.3 Å². The number of sulfonamides is 2. The molecule has 9 nitrogen and oxygen atoms in total. The number of fused-ring (bicyclic) bond motifs is 2. The molecule has 0 atom stereocenters. The van der Waals surface area contributed by atoms with Gasteiger partial charge in [0.25, 0.3) is 5.91 Å². The summed E-state index contributed by atoms with van der Waals surface area (Å²) in [7, 11) is -7.29. The fourth-order valence-electron chi connectivity index (χ4n) is 6.29. The predicted octanol–water partition coefficient (Wildman–Crippen LogP) is 3.38. The maximum atomic E-state index is 13.9. The SMILES string of the molecule is CC1(NS(=O)(=O)c2cccc(C(=O)N3CC4(CCC5(CC5)CC4)c4cc(NS(C)(=O)=O)ccc43)c2)COC1. The minimum absolute atomic E-state index is 0.0339. The molecule has 2 aromatic rings. The van der Waals surface area contributed by atoms with E-state index < -0.39 is 25.6 Å². The first kappa shape index (κ1) is 25.8. The second kappa shape index (κ2) is 8.51. The van der Waals surface area contributed by atoms with Crippen molar-refractivity contribution in [2.75, 3.05) is 35.6 Å². The summed E-state index contributed by atoms with van der Waals surface area (Å²) in [4.78, 5) is 15.7. The van der Waals surface area contributed by atoms with Gasteiger partial charge in [0.05, 0.1) is 29.9 Å². The molecular weight excluding hydrogens is 526 g/mol. The third kappa shape index (κ3) is 4.63. The molecule has 6 rings (SSSR count). The summed E-state index contributed by atoms with van der Waals surface area (Å²) < 4.78 is 60.3. The van der Waals surface area contributed by atoms with Crippen LogP contribution in [0.3, 0.4) is 0 Å². The smallest absolute Gasteiger partial charge is 0.258 e. The van der Waals surface area contributed by atoms with Gasteiger partial charge in [0.2, 0.25) is 20.0 Å². The van der Waals surface area contributed by atoms with Crippen molar-refractivity contribution in [2.24, 2.45) is 5.41 Å². The van der Waals surface area contributed by atoms with E-state index in [4.69, 9.17) is 4.74 Å². The fraction of sp³-hybridized carbons (Fsp3) is 0.519. The van der Waals surface area contributed by atoms with Crippen LogP contribution in [0.2, 0.25) is 0 Å². The lowest BCUT2D eigenvalue weighted by Gasteiger charge is -2.38. The molecule has 4 aliphatic rings. The van der Waals surface area contributed by atoms with Crippen LogP contribution in [-0.2, 0) is 30.2 Å². The second-order valence-electron chi connectivity index (χ2n) is 12.0. The number of nitrogens with zero attached hydrogens (tertiary/aromatic N) is 1. The number of nitrogens with one attached hydrogen (secondary N) is 2. The zero-order valence-electron chi connectivity index (χ0n) is 21.6. The molecule has 0 unspecified atom stereocenters. The topological polar surface area (TPSA) is 122 Å². The Kier molecular flexibility index (Phi) is 5.78. The lowest BCUT2D eigenvalue weighted by atomic mass is 9.66. The lowest BCUT2D eigenvalue weighted by molar-refractivity contribution is -0.0523. The number of benzene rings is 2. The Morgan fingerprint density at radius 1 is 0.947 bits per heavy atom. The summed E-state index contributed by atoms with van der Waals surface area (Å²) in [5.41, 5.74) is 2.06. The first-order chi connectivity index (χ1) is 17.8. The molecule has 1 saturated heterocycles. The molecule has 2 saturated carbocycles. The van der Waals surface area contributed by atoms with Gasteiger partial charge in [-0.2, -0.15) is 0 Å². The highest BCUT2D eigenvalue weighted by atomic mass is 32.2. The van der Waals surface area contributed by atoms with Gasteiger partial charge in [-0.15, -0.1) is 0 Å². The maximum Gasteiger partial charge on any atom is 0.258 e. The van der Waals surface area contributed by atoms with E-state index in [9.17, 15) is 21.6 Å². The van der Waals surface area contributed by atoms with E-state index in [0.29, 0.717) is 36.4 Å². The average molecular weight is 560 g/mol. The highest BCUT2D eigenvalue weighted by Gasteiger charge is 2.53. The molecule has 2 aliphatic carbocycles. The standard InChI is InChI=1S/C27H33N3O6S2/c1-25(17-36-18-25)29-38(34,35)21-5-3-4-19(14-21)24(31)30-16-27(12-10-26(8-9-26)11-13-27)22-15-20(6-7-23(22)30)28-37(2,32)33/h3-7,14-15,28-29H,8-13,16-18H2,1-2H3. The maximum absolute atomic E-state index is 13.9. The van der Waals surface area contributed by atoms with Gasteiger partial charge in [-0.3, -0.25) is 9.52 Å². The van der Waals surface area contributed by atoms with E-state index in [1.165, 1.54) is 25.0 Å². The monoisotopic (exact) mass is 559 g/mol. The highest BCUT2D eigenvalue weighted by molar-refractivity contribution is 7.92. The molecule has 204 valence electrons. The number of carbonyl (C=O) groups is 1. The van der Waals surface area contributed by atoms with Gasteiger partial charge in [-0.05, 0) is 92.8 Å². The summed E-state index contributed by atoms with van der Waals surface area (Å²) in [6, 6.07) is 11.5. The van der Waals surface area contributed by atoms with Gasteiger partial charge in [-0.1, -0.05) is 6.07 Å². The number of ether oxygens (including phenoxy) is 1. The Labute approximate surface area is 224 Å². The van der Waals surface area contributed by atoms with Crippen LogP contribution in [0.5, 0.6) is 0 Å². The molecule has 1 amide bonds. The summed E-state index contributed by atoms with van der Waals surface area (Å²) in [5.74, 6) is -0.270. The van der Waals surface area contributed by atoms with Crippen LogP contribution in [0.4, 0.5) is 11.4 Å². The molecule has 0 aromatic heterocycles. The van der Waals surface area contributed by atoms with Crippen molar-refractivity contribution >= 4 is 37.3 Å². The van der Waals surface area contributed by atoms with Crippen molar-refractivity contribution in [2.45, 2.75) is 61.3 Å². The largest absolute Gasteiger partial charge is 0.377 e. The Bertz CT molecular complexity index is 1520. The Morgan fingerprint density at radius 2 is 1.63 bits per heavy atom. The van der Waals surface area contributed by atoms with E-state index in [-0.39, 0.29) is 16.2 Å². The summed E-state index contributed by atoms with van der Waals surface area (Å²) in [6.45, 7) is 2.88. The molecule has 11 heteroatoms. The van der Waals surface area contributed by atoms with E-state index in [2.05, 4.69) is 9.44 Å². The molecule has 2 aromatic carbocycles. The highest BCUT2D eigenvalue weighted by Crippen LogP contribution is 2.62. The number of hydrogen-bond acceptors (Lipinski definition) is 6. The van der Waals surface area contributed by atoms with E-state index in [1.807, 2.05) is 6.07 Å². The fourth-order valence-corrected chi connectivity index (χ4v) is 8.27. The van der Waals surface area contributed by atoms with E-state index in [0.717, 1.165) is 43.2 Å². The van der Waals surface area contributed by atoms with Gasteiger partial charge in [-0.25, -0.2) is 21.6 Å². The number of carbonyl (C=O) groups excluding carboxylic acids is 1. The van der Waals surface area contributed by atoms with Crippen molar-refractivity contribution in [3.8, 4) is 0 Å². The van der Waals surface area contributed by atoms with Crippen LogP contribution in [0.1, 0.15) is 61.4 Å². The van der Waals surface area contributed by atoms with Gasteiger partial charge in [0, 0.05) is 28.9 Å².